The first-order chi connectivity index (χ1) is 6.93. The summed E-state index contributed by atoms with van der Waals surface area (Å²) in [5.41, 5.74) is 6.49. The Bertz CT molecular complexity index is 329. The standard InChI is InChI=1S/C11H16F2N2/c1-7(14)11(15(2)3)8-4-5-9(12)10(13)6-8/h4-7,11H,14H2,1-3H3. The highest BCUT2D eigenvalue weighted by atomic mass is 19.2. The van der Waals surface area contributed by atoms with Crippen molar-refractivity contribution in [3.63, 3.8) is 0 Å². The molecule has 2 unspecified atom stereocenters. The molecule has 0 saturated heterocycles. The Kier molecular flexibility index (Phi) is 3.77. The monoisotopic (exact) mass is 214 g/mol. The average molecular weight is 214 g/mol. The van der Waals surface area contributed by atoms with Gasteiger partial charge in [-0.3, -0.25) is 0 Å². The summed E-state index contributed by atoms with van der Waals surface area (Å²) in [4.78, 5) is 1.89. The van der Waals surface area contributed by atoms with Crippen molar-refractivity contribution in [1.29, 1.82) is 0 Å². The fourth-order valence-corrected chi connectivity index (χ4v) is 1.77. The van der Waals surface area contributed by atoms with Crippen LogP contribution >= 0.6 is 0 Å². The molecule has 0 aromatic heterocycles. The van der Waals surface area contributed by atoms with E-state index in [0.29, 0.717) is 5.56 Å². The lowest BCUT2D eigenvalue weighted by Gasteiger charge is -2.28. The zero-order valence-electron chi connectivity index (χ0n) is 9.17. The van der Waals surface area contributed by atoms with Gasteiger partial charge in [-0.05, 0) is 38.7 Å². The molecular formula is C11H16F2N2. The molecule has 1 rings (SSSR count). The molecule has 2 atom stereocenters. The highest BCUT2D eigenvalue weighted by molar-refractivity contribution is 5.22. The van der Waals surface area contributed by atoms with Crippen LogP contribution < -0.4 is 5.73 Å². The van der Waals surface area contributed by atoms with Gasteiger partial charge in [0.1, 0.15) is 0 Å². The first-order valence-electron chi connectivity index (χ1n) is 4.80. The summed E-state index contributed by atoms with van der Waals surface area (Å²) in [7, 11) is 3.71. The molecule has 2 nitrogen and oxygen atoms in total. The van der Waals surface area contributed by atoms with E-state index >= 15 is 0 Å². The van der Waals surface area contributed by atoms with Crippen molar-refractivity contribution in [2.24, 2.45) is 5.73 Å². The lowest BCUT2D eigenvalue weighted by atomic mass is 10.00. The lowest BCUT2D eigenvalue weighted by Crippen LogP contribution is -2.35. The zero-order valence-corrected chi connectivity index (χ0v) is 9.17. The minimum Gasteiger partial charge on any atom is -0.326 e. The van der Waals surface area contributed by atoms with Gasteiger partial charge in [0.25, 0.3) is 0 Å². The minimum atomic E-state index is -0.833. The van der Waals surface area contributed by atoms with Gasteiger partial charge in [-0.25, -0.2) is 8.78 Å². The maximum atomic E-state index is 13.0. The first kappa shape index (κ1) is 12.1. The first-order valence-corrected chi connectivity index (χ1v) is 4.80. The van der Waals surface area contributed by atoms with Crippen LogP contribution in [0, 0.1) is 11.6 Å². The summed E-state index contributed by atoms with van der Waals surface area (Å²) in [6.07, 6.45) is 0. The van der Waals surface area contributed by atoms with Crippen LogP contribution in [-0.2, 0) is 0 Å². The molecule has 0 radical (unpaired) electrons. The van der Waals surface area contributed by atoms with Crippen molar-refractivity contribution < 1.29 is 8.78 Å². The average Bonchev–Trinajstić information content (AvgIpc) is 2.10. The second kappa shape index (κ2) is 4.68. The van der Waals surface area contributed by atoms with Gasteiger partial charge < -0.3 is 10.6 Å². The molecule has 0 heterocycles. The van der Waals surface area contributed by atoms with E-state index in [-0.39, 0.29) is 12.1 Å². The molecule has 1 aromatic rings. The van der Waals surface area contributed by atoms with Crippen molar-refractivity contribution in [2.75, 3.05) is 14.1 Å². The molecule has 15 heavy (non-hydrogen) atoms. The predicted molar refractivity (Wildman–Crippen MR) is 56.4 cm³/mol. The van der Waals surface area contributed by atoms with Crippen LogP contribution in [0.4, 0.5) is 8.78 Å². The normalized spacial score (nSPS) is 15.4. The van der Waals surface area contributed by atoms with Crippen molar-refractivity contribution in [3.8, 4) is 0 Å². The molecule has 0 bridgehead atoms. The summed E-state index contributed by atoms with van der Waals surface area (Å²) in [6.45, 7) is 1.84. The fourth-order valence-electron chi connectivity index (χ4n) is 1.77. The van der Waals surface area contributed by atoms with Crippen LogP contribution in [-0.4, -0.2) is 25.0 Å². The van der Waals surface area contributed by atoms with Crippen LogP contribution in [0.3, 0.4) is 0 Å². The molecule has 2 N–H and O–H groups in total. The van der Waals surface area contributed by atoms with E-state index in [1.54, 1.807) is 6.07 Å². The Hall–Kier alpha value is -1.00. The van der Waals surface area contributed by atoms with Gasteiger partial charge in [0.15, 0.2) is 11.6 Å². The fraction of sp³-hybridized carbons (Fsp3) is 0.455. The smallest absolute Gasteiger partial charge is 0.159 e. The van der Waals surface area contributed by atoms with Gasteiger partial charge in [-0.2, -0.15) is 0 Å². The SMILES string of the molecule is CC(N)C(c1ccc(F)c(F)c1)N(C)C. The minimum absolute atomic E-state index is 0.111. The van der Waals surface area contributed by atoms with Crippen molar-refractivity contribution >= 4 is 0 Å². The highest BCUT2D eigenvalue weighted by Gasteiger charge is 2.19. The molecule has 0 spiro atoms. The number of rotatable bonds is 3. The molecule has 0 aliphatic heterocycles. The third-order valence-electron chi connectivity index (χ3n) is 2.34. The third-order valence-corrected chi connectivity index (χ3v) is 2.34. The Morgan fingerprint density at radius 2 is 1.80 bits per heavy atom. The summed E-state index contributed by atoms with van der Waals surface area (Å²) >= 11 is 0. The summed E-state index contributed by atoms with van der Waals surface area (Å²) in [6, 6.07) is 3.63. The number of hydrogen-bond donors (Lipinski definition) is 1. The van der Waals surface area contributed by atoms with E-state index in [0.717, 1.165) is 6.07 Å². The summed E-state index contributed by atoms with van der Waals surface area (Å²) < 4.78 is 25.8. The topological polar surface area (TPSA) is 29.3 Å². The summed E-state index contributed by atoms with van der Waals surface area (Å²) in [5.74, 6) is -1.67. The largest absolute Gasteiger partial charge is 0.326 e. The van der Waals surface area contributed by atoms with Crippen LogP contribution in [0.15, 0.2) is 18.2 Å². The number of likely N-dealkylation sites (N-methyl/N-ethyl adjacent to an activating group) is 1. The van der Waals surface area contributed by atoms with Gasteiger partial charge >= 0.3 is 0 Å². The van der Waals surface area contributed by atoms with Crippen LogP contribution in [0.25, 0.3) is 0 Å². The number of halogens is 2. The summed E-state index contributed by atoms with van der Waals surface area (Å²) in [5, 5.41) is 0. The van der Waals surface area contributed by atoms with Gasteiger partial charge in [-0.1, -0.05) is 6.07 Å². The van der Waals surface area contributed by atoms with E-state index in [1.807, 2.05) is 25.9 Å². The maximum Gasteiger partial charge on any atom is 0.159 e. The van der Waals surface area contributed by atoms with Crippen LogP contribution in [0.5, 0.6) is 0 Å². The second-order valence-electron chi connectivity index (χ2n) is 3.94. The van der Waals surface area contributed by atoms with Gasteiger partial charge in [-0.15, -0.1) is 0 Å². The van der Waals surface area contributed by atoms with Crippen molar-refractivity contribution in [1.82, 2.24) is 4.90 Å². The number of nitrogens with two attached hydrogens (primary N) is 1. The second-order valence-corrected chi connectivity index (χ2v) is 3.94. The number of hydrogen-bond acceptors (Lipinski definition) is 2. The molecular weight excluding hydrogens is 198 g/mol. The number of benzene rings is 1. The molecule has 84 valence electrons. The van der Waals surface area contributed by atoms with E-state index in [2.05, 4.69) is 0 Å². The van der Waals surface area contributed by atoms with Gasteiger partial charge in [0.05, 0.1) is 0 Å². The Labute approximate surface area is 88.7 Å². The lowest BCUT2D eigenvalue weighted by molar-refractivity contribution is 0.265. The highest BCUT2D eigenvalue weighted by Crippen LogP contribution is 2.22. The Morgan fingerprint density at radius 3 is 2.20 bits per heavy atom. The van der Waals surface area contributed by atoms with E-state index in [1.165, 1.54) is 6.07 Å². The van der Waals surface area contributed by atoms with Gasteiger partial charge in [0.2, 0.25) is 0 Å². The van der Waals surface area contributed by atoms with Crippen LogP contribution in [0.1, 0.15) is 18.5 Å². The Morgan fingerprint density at radius 1 is 1.20 bits per heavy atom. The quantitative estimate of drug-likeness (QED) is 0.832. The molecule has 0 aliphatic carbocycles. The van der Waals surface area contributed by atoms with E-state index in [9.17, 15) is 8.78 Å². The molecule has 0 amide bonds. The predicted octanol–water partition coefficient (Wildman–Crippen LogP) is 1.91. The number of nitrogens with zero attached hydrogens (tertiary/aromatic N) is 1. The molecule has 0 aliphatic rings. The van der Waals surface area contributed by atoms with Crippen molar-refractivity contribution in [3.05, 3.63) is 35.4 Å². The maximum absolute atomic E-state index is 13.0. The zero-order chi connectivity index (χ0) is 11.6. The molecule has 1 aromatic carbocycles. The van der Waals surface area contributed by atoms with Crippen LogP contribution in [0.2, 0.25) is 0 Å². The van der Waals surface area contributed by atoms with Gasteiger partial charge in [0, 0.05) is 12.1 Å². The third kappa shape index (κ3) is 2.73. The van der Waals surface area contributed by atoms with Crippen molar-refractivity contribution in [2.45, 2.75) is 19.0 Å². The Balaban J connectivity index is 3.07. The molecule has 4 heteroatoms. The molecule has 0 saturated carbocycles. The van der Waals surface area contributed by atoms with E-state index < -0.39 is 11.6 Å². The van der Waals surface area contributed by atoms with E-state index in [4.69, 9.17) is 5.73 Å². The molecule has 0 fully saturated rings.